The van der Waals surface area contributed by atoms with Gasteiger partial charge in [-0.25, -0.2) is 4.68 Å². The van der Waals surface area contributed by atoms with Crippen molar-refractivity contribution in [1.82, 2.24) is 30.1 Å². The zero-order valence-electron chi connectivity index (χ0n) is 24.3. The molecule has 3 heterocycles. The Balaban J connectivity index is 1.38. The minimum atomic E-state index is -0.366. The molecule has 3 aromatic carbocycles. The van der Waals surface area contributed by atoms with Crippen LogP contribution >= 0.6 is 0 Å². The third kappa shape index (κ3) is 5.39. The summed E-state index contributed by atoms with van der Waals surface area (Å²) in [6.45, 7) is 12.4. The van der Waals surface area contributed by atoms with Gasteiger partial charge in [0.05, 0.1) is 5.52 Å². The number of hydrogen-bond acceptors (Lipinski definition) is 6. The standard InChI is InChI=1S/C33H37N7O/c1-22-10-11-24(3)29(20-22)38-16-18-39(19-17-38)31(28-21-27-23(2)12-13-25(4)30(27)34-33(28)41)32-35-36-37-40(32)15-14-26-8-6-5-7-9-26/h5-13,20-21,31H,14-19H2,1-4H3,(H,34,41)/t31-/m0/s1. The van der Waals surface area contributed by atoms with E-state index in [0.29, 0.717) is 17.9 Å². The smallest absolute Gasteiger partial charge is 0.253 e. The third-order valence-electron chi connectivity index (χ3n) is 8.41. The molecule has 6 rings (SSSR count). The molecule has 8 heteroatoms. The Morgan fingerprint density at radius 1 is 0.854 bits per heavy atom. The number of nitrogens with one attached hydrogen (secondary N) is 1. The summed E-state index contributed by atoms with van der Waals surface area (Å²) in [4.78, 5) is 21.8. The van der Waals surface area contributed by atoms with E-state index in [1.54, 1.807) is 0 Å². The number of pyridine rings is 1. The Hall–Kier alpha value is -4.30. The van der Waals surface area contributed by atoms with Crippen LogP contribution in [0, 0.1) is 27.7 Å². The first-order chi connectivity index (χ1) is 19.9. The van der Waals surface area contributed by atoms with E-state index in [1.807, 2.05) is 29.8 Å². The van der Waals surface area contributed by atoms with Crippen molar-refractivity contribution in [1.29, 1.82) is 0 Å². The molecule has 210 valence electrons. The summed E-state index contributed by atoms with van der Waals surface area (Å²) in [5.41, 5.74) is 8.71. The fourth-order valence-corrected chi connectivity index (χ4v) is 6.02. The summed E-state index contributed by atoms with van der Waals surface area (Å²) < 4.78 is 1.88. The number of H-pyrrole nitrogens is 1. The van der Waals surface area contributed by atoms with E-state index >= 15 is 0 Å². The van der Waals surface area contributed by atoms with Gasteiger partial charge in [0, 0.05) is 49.4 Å². The van der Waals surface area contributed by atoms with Gasteiger partial charge in [-0.1, -0.05) is 54.6 Å². The zero-order chi connectivity index (χ0) is 28.5. The van der Waals surface area contributed by atoms with Crippen LogP contribution < -0.4 is 10.5 Å². The van der Waals surface area contributed by atoms with Crippen LogP contribution in [0.15, 0.2) is 71.5 Å². The average Bonchev–Trinajstić information content (AvgIpc) is 3.45. The first-order valence-corrected chi connectivity index (χ1v) is 14.4. The molecule has 1 N–H and O–H groups in total. The van der Waals surface area contributed by atoms with Crippen LogP contribution in [0.4, 0.5) is 5.69 Å². The SMILES string of the molecule is Cc1ccc(C)c(N2CCN([C@@H](c3cc4c(C)ccc(C)c4[nH]c3=O)c3nnnn3CCc3ccccc3)CC2)c1. The Kier molecular flexibility index (Phi) is 7.41. The van der Waals surface area contributed by atoms with Gasteiger partial charge >= 0.3 is 0 Å². The number of aromatic nitrogens is 5. The molecule has 5 aromatic rings. The molecule has 2 aromatic heterocycles. The van der Waals surface area contributed by atoms with Crippen molar-refractivity contribution in [2.45, 2.75) is 46.7 Å². The lowest BCUT2D eigenvalue weighted by molar-refractivity contribution is 0.199. The molecule has 0 unspecified atom stereocenters. The predicted octanol–water partition coefficient (Wildman–Crippen LogP) is 4.90. The number of benzene rings is 3. The van der Waals surface area contributed by atoms with E-state index in [1.165, 1.54) is 22.4 Å². The van der Waals surface area contributed by atoms with Crippen LogP contribution in [0.5, 0.6) is 0 Å². The Morgan fingerprint density at radius 2 is 1.59 bits per heavy atom. The Bertz CT molecular complexity index is 1730. The predicted molar refractivity (Wildman–Crippen MR) is 164 cm³/mol. The summed E-state index contributed by atoms with van der Waals surface area (Å²) in [6.07, 6.45) is 0.804. The van der Waals surface area contributed by atoms with Gasteiger partial charge in [0.25, 0.3) is 5.56 Å². The summed E-state index contributed by atoms with van der Waals surface area (Å²) in [5, 5.41) is 14.1. The van der Waals surface area contributed by atoms with E-state index in [2.05, 4.69) is 99.6 Å². The first-order valence-electron chi connectivity index (χ1n) is 14.4. The quantitative estimate of drug-likeness (QED) is 0.312. The molecule has 8 nitrogen and oxygen atoms in total. The van der Waals surface area contributed by atoms with E-state index < -0.39 is 0 Å². The molecule has 0 saturated carbocycles. The number of aryl methyl sites for hydroxylation is 6. The van der Waals surface area contributed by atoms with Crippen LogP contribution in [0.1, 0.15) is 45.2 Å². The lowest BCUT2D eigenvalue weighted by Crippen LogP contribution is -2.49. The maximum Gasteiger partial charge on any atom is 0.253 e. The van der Waals surface area contributed by atoms with Gasteiger partial charge < -0.3 is 9.88 Å². The number of anilines is 1. The Labute approximate surface area is 240 Å². The maximum absolute atomic E-state index is 13.8. The van der Waals surface area contributed by atoms with Gasteiger partial charge in [-0.2, -0.15) is 0 Å². The molecule has 0 amide bonds. The topological polar surface area (TPSA) is 82.9 Å². The monoisotopic (exact) mass is 547 g/mol. The number of piperazine rings is 1. The molecule has 1 saturated heterocycles. The summed E-state index contributed by atoms with van der Waals surface area (Å²) in [6, 6.07) is 22.9. The van der Waals surface area contributed by atoms with Crippen molar-refractivity contribution in [2.75, 3.05) is 31.1 Å². The van der Waals surface area contributed by atoms with Crippen LogP contribution in [0.25, 0.3) is 10.9 Å². The highest BCUT2D eigenvalue weighted by atomic mass is 16.1. The van der Waals surface area contributed by atoms with E-state index in [9.17, 15) is 4.79 Å². The fourth-order valence-electron chi connectivity index (χ4n) is 6.02. The third-order valence-corrected chi connectivity index (χ3v) is 8.41. The minimum Gasteiger partial charge on any atom is -0.369 e. The van der Waals surface area contributed by atoms with Crippen LogP contribution in [0.3, 0.4) is 0 Å². The van der Waals surface area contributed by atoms with E-state index in [4.69, 9.17) is 0 Å². The van der Waals surface area contributed by atoms with Crippen molar-refractivity contribution < 1.29 is 0 Å². The van der Waals surface area contributed by atoms with Crippen LogP contribution in [-0.4, -0.2) is 56.3 Å². The van der Waals surface area contributed by atoms with Gasteiger partial charge in [0.15, 0.2) is 5.82 Å². The number of rotatable bonds is 7. The lowest BCUT2D eigenvalue weighted by Gasteiger charge is -2.40. The van der Waals surface area contributed by atoms with Gasteiger partial charge in [0.1, 0.15) is 6.04 Å². The van der Waals surface area contributed by atoms with Crippen LogP contribution in [0.2, 0.25) is 0 Å². The lowest BCUT2D eigenvalue weighted by atomic mass is 9.99. The molecule has 1 fully saturated rings. The largest absolute Gasteiger partial charge is 0.369 e. The summed E-state index contributed by atoms with van der Waals surface area (Å²) in [5.74, 6) is 0.705. The van der Waals surface area contributed by atoms with Crippen molar-refractivity contribution in [3.63, 3.8) is 0 Å². The number of tetrazole rings is 1. The second-order valence-corrected chi connectivity index (χ2v) is 11.3. The van der Waals surface area contributed by atoms with E-state index in [0.717, 1.165) is 54.6 Å². The average molecular weight is 548 g/mol. The van der Waals surface area contributed by atoms with Gasteiger partial charge in [-0.15, -0.1) is 5.10 Å². The second-order valence-electron chi connectivity index (χ2n) is 11.3. The highest BCUT2D eigenvalue weighted by Gasteiger charge is 2.33. The number of aromatic amines is 1. The van der Waals surface area contributed by atoms with Crippen molar-refractivity contribution in [3.05, 3.63) is 116 Å². The molecule has 0 aliphatic carbocycles. The first kappa shape index (κ1) is 26.9. The van der Waals surface area contributed by atoms with Gasteiger partial charge in [0.2, 0.25) is 0 Å². The number of hydrogen-bond donors (Lipinski definition) is 1. The Morgan fingerprint density at radius 3 is 2.37 bits per heavy atom. The number of nitrogens with zero attached hydrogens (tertiary/aromatic N) is 6. The second kappa shape index (κ2) is 11.3. The molecule has 1 aliphatic rings. The van der Waals surface area contributed by atoms with Gasteiger partial charge in [-0.3, -0.25) is 9.69 Å². The molecule has 1 atom stereocenters. The van der Waals surface area contributed by atoms with Crippen molar-refractivity contribution in [2.24, 2.45) is 0 Å². The zero-order valence-corrected chi connectivity index (χ0v) is 24.3. The molecule has 41 heavy (non-hydrogen) atoms. The molecular formula is C33H37N7O. The highest BCUT2D eigenvalue weighted by molar-refractivity contribution is 5.85. The van der Waals surface area contributed by atoms with Crippen LogP contribution in [-0.2, 0) is 13.0 Å². The molecule has 0 bridgehead atoms. The highest BCUT2D eigenvalue weighted by Crippen LogP contribution is 2.31. The molecule has 0 spiro atoms. The molecule has 0 radical (unpaired) electrons. The van der Waals surface area contributed by atoms with E-state index in [-0.39, 0.29) is 11.6 Å². The summed E-state index contributed by atoms with van der Waals surface area (Å²) >= 11 is 0. The number of fused-ring (bicyclic) bond motifs is 1. The van der Waals surface area contributed by atoms with Crippen molar-refractivity contribution >= 4 is 16.6 Å². The normalized spacial score (nSPS) is 15.0. The molecular weight excluding hydrogens is 510 g/mol. The summed E-state index contributed by atoms with van der Waals surface area (Å²) in [7, 11) is 0. The maximum atomic E-state index is 13.8. The van der Waals surface area contributed by atoms with Crippen molar-refractivity contribution in [3.8, 4) is 0 Å². The van der Waals surface area contributed by atoms with Gasteiger partial charge in [-0.05, 0) is 84.5 Å². The minimum absolute atomic E-state index is 0.0919. The fraction of sp³-hybridized carbons (Fsp3) is 0.333. The molecule has 1 aliphatic heterocycles.